The van der Waals surface area contributed by atoms with E-state index in [1.165, 1.54) is 18.1 Å². The molecule has 1 aliphatic heterocycles. The van der Waals surface area contributed by atoms with Crippen LogP contribution in [0.5, 0.6) is 5.88 Å². The predicted molar refractivity (Wildman–Crippen MR) is 115 cm³/mol. The number of anilines is 1. The molecule has 0 unspecified atom stereocenters. The molecule has 0 atom stereocenters. The summed E-state index contributed by atoms with van der Waals surface area (Å²) in [5.74, 6) is 2.45. The van der Waals surface area contributed by atoms with Crippen molar-refractivity contribution < 1.29 is 14.6 Å². The molecule has 156 valence electrons. The Kier molecular flexibility index (Phi) is 7.71. The molecule has 0 aliphatic carbocycles. The van der Waals surface area contributed by atoms with E-state index in [-0.39, 0.29) is 12.5 Å². The van der Waals surface area contributed by atoms with Crippen molar-refractivity contribution in [2.75, 3.05) is 50.0 Å². The van der Waals surface area contributed by atoms with E-state index in [9.17, 15) is 4.79 Å². The normalized spacial score (nSPS) is 14.3. The molecule has 1 fully saturated rings. The molecule has 7 nitrogen and oxygen atoms in total. The Balaban J connectivity index is 1.61. The first-order valence-electron chi connectivity index (χ1n) is 9.90. The molecule has 8 heteroatoms. The van der Waals surface area contributed by atoms with Gasteiger partial charge in [0.25, 0.3) is 5.91 Å². The van der Waals surface area contributed by atoms with Gasteiger partial charge in [-0.05, 0) is 18.1 Å². The van der Waals surface area contributed by atoms with Crippen LogP contribution in [0.2, 0.25) is 0 Å². The van der Waals surface area contributed by atoms with Gasteiger partial charge in [0.05, 0.1) is 18.8 Å². The lowest BCUT2D eigenvalue weighted by Gasteiger charge is -2.35. The van der Waals surface area contributed by atoms with Crippen molar-refractivity contribution >= 4 is 23.5 Å². The van der Waals surface area contributed by atoms with Crippen LogP contribution in [0.15, 0.2) is 41.6 Å². The Morgan fingerprint density at radius 3 is 2.69 bits per heavy atom. The first-order chi connectivity index (χ1) is 14.1. The van der Waals surface area contributed by atoms with E-state index in [1.54, 1.807) is 0 Å². The lowest BCUT2D eigenvalue weighted by atomic mass is 10.2. The Labute approximate surface area is 176 Å². The van der Waals surface area contributed by atoms with Gasteiger partial charge in [-0.25, -0.2) is 9.97 Å². The standard InChI is InChI=1S/C21H28N4O3S/c1-16(2)14-28-20-13-19(22-15-23-20)24-7-9-25(10-8-24)21(27)17-5-3-4-6-18(17)29-12-11-26/h3-6,13,15-16,26H,7-12,14H2,1-2H3. The van der Waals surface area contributed by atoms with E-state index in [2.05, 4.69) is 28.7 Å². The van der Waals surface area contributed by atoms with Crippen molar-refractivity contribution in [3.05, 3.63) is 42.2 Å². The minimum Gasteiger partial charge on any atom is -0.477 e. The number of nitrogens with zero attached hydrogens (tertiary/aromatic N) is 4. The van der Waals surface area contributed by atoms with Crippen LogP contribution in [0, 0.1) is 5.92 Å². The molecule has 29 heavy (non-hydrogen) atoms. The van der Waals surface area contributed by atoms with Crippen LogP contribution >= 0.6 is 11.8 Å². The summed E-state index contributed by atoms with van der Waals surface area (Å²) in [6.07, 6.45) is 1.52. The monoisotopic (exact) mass is 416 g/mol. The molecule has 2 heterocycles. The molecule has 1 saturated heterocycles. The van der Waals surface area contributed by atoms with Gasteiger partial charge in [0.15, 0.2) is 0 Å². The number of benzene rings is 1. The van der Waals surface area contributed by atoms with Crippen LogP contribution in [0.4, 0.5) is 5.82 Å². The first-order valence-corrected chi connectivity index (χ1v) is 10.9. The fourth-order valence-corrected chi connectivity index (χ4v) is 3.86. The van der Waals surface area contributed by atoms with E-state index in [0.717, 1.165) is 10.7 Å². The lowest BCUT2D eigenvalue weighted by molar-refractivity contribution is 0.0743. The fourth-order valence-electron chi connectivity index (χ4n) is 3.07. The number of rotatable bonds is 8. The molecule has 0 saturated carbocycles. The summed E-state index contributed by atoms with van der Waals surface area (Å²) in [7, 11) is 0. The SMILES string of the molecule is CC(C)COc1cc(N2CCN(C(=O)c3ccccc3SCCO)CC2)ncn1. The molecule has 2 aromatic rings. The van der Waals surface area contributed by atoms with Gasteiger partial charge in [-0.2, -0.15) is 0 Å². The van der Waals surface area contributed by atoms with Crippen molar-refractivity contribution in [3.63, 3.8) is 0 Å². The summed E-state index contributed by atoms with van der Waals surface area (Å²) < 4.78 is 5.70. The molecule has 1 aromatic heterocycles. The maximum absolute atomic E-state index is 13.0. The minimum atomic E-state index is 0.0364. The van der Waals surface area contributed by atoms with Crippen LogP contribution < -0.4 is 9.64 Å². The van der Waals surface area contributed by atoms with Gasteiger partial charge >= 0.3 is 0 Å². The van der Waals surface area contributed by atoms with Gasteiger partial charge < -0.3 is 19.6 Å². The molecule has 1 N–H and O–H groups in total. The summed E-state index contributed by atoms with van der Waals surface area (Å²) >= 11 is 1.51. The number of hydrogen-bond acceptors (Lipinski definition) is 7. The van der Waals surface area contributed by atoms with Crippen molar-refractivity contribution in [2.24, 2.45) is 5.92 Å². The second kappa shape index (κ2) is 10.5. The molecular weight excluding hydrogens is 388 g/mol. The number of amides is 1. The topological polar surface area (TPSA) is 78.8 Å². The summed E-state index contributed by atoms with van der Waals surface area (Å²) in [4.78, 5) is 26.5. The number of hydrogen-bond donors (Lipinski definition) is 1. The number of aromatic nitrogens is 2. The molecule has 3 rings (SSSR count). The highest BCUT2D eigenvalue weighted by Gasteiger charge is 2.24. The largest absolute Gasteiger partial charge is 0.477 e. The number of ether oxygens (including phenoxy) is 1. The fraction of sp³-hybridized carbons (Fsp3) is 0.476. The van der Waals surface area contributed by atoms with Crippen LogP contribution in [0.3, 0.4) is 0 Å². The Morgan fingerprint density at radius 1 is 1.21 bits per heavy atom. The number of aliphatic hydroxyl groups excluding tert-OH is 1. The molecule has 1 aliphatic rings. The second-order valence-electron chi connectivity index (χ2n) is 7.27. The van der Waals surface area contributed by atoms with Gasteiger partial charge in [-0.1, -0.05) is 26.0 Å². The van der Waals surface area contributed by atoms with E-state index in [4.69, 9.17) is 9.84 Å². The van der Waals surface area contributed by atoms with Gasteiger partial charge in [-0.3, -0.25) is 4.79 Å². The van der Waals surface area contributed by atoms with Crippen LogP contribution in [0.25, 0.3) is 0 Å². The zero-order chi connectivity index (χ0) is 20.6. The summed E-state index contributed by atoms with van der Waals surface area (Å²) in [5.41, 5.74) is 0.700. The predicted octanol–water partition coefficient (Wildman–Crippen LogP) is 2.56. The second-order valence-corrected chi connectivity index (χ2v) is 8.40. The summed E-state index contributed by atoms with van der Waals surface area (Å²) in [5, 5.41) is 9.08. The van der Waals surface area contributed by atoms with Gasteiger partial charge in [0, 0.05) is 42.9 Å². The highest BCUT2D eigenvalue weighted by molar-refractivity contribution is 7.99. The average Bonchev–Trinajstić information content (AvgIpc) is 2.76. The van der Waals surface area contributed by atoms with Gasteiger partial charge in [0.1, 0.15) is 12.1 Å². The maximum atomic E-state index is 13.0. The van der Waals surface area contributed by atoms with Crippen molar-refractivity contribution in [1.29, 1.82) is 0 Å². The van der Waals surface area contributed by atoms with E-state index < -0.39 is 0 Å². The third-order valence-electron chi connectivity index (χ3n) is 4.55. The van der Waals surface area contributed by atoms with Gasteiger partial charge in [-0.15, -0.1) is 11.8 Å². The number of carbonyl (C=O) groups is 1. The van der Waals surface area contributed by atoms with Crippen LogP contribution in [0.1, 0.15) is 24.2 Å². The van der Waals surface area contributed by atoms with E-state index in [1.807, 2.05) is 35.2 Å². The summed E-state index contributed by atoms with van der Waals surface area (Å²) in [6, 6.07) is 9.45. The van der Waals surface area contributed by atoms with E-state index in [0.29, 0.717) is 55.9 Å². The average molecular weight is 417 g/mol. The van der Waals surface area contributed by atoms with Crippen molar-refractivity contribution in [3.8, 4) is 5.88 Å². The van der Waals surface area contributed by atoms with E-state index >= 15 is 0 Å². The number of carbonyl (C=O) groups excluding carboxylic acids is 1. The lowest BCUT2D eigenvalue weighted by Crippen LogP contribution is -2.49. The first kappa shape index (κ1) is 21.4. The highest BCUT2D eigenvalue weighted by Crippen LogP contribution is 2.25. The van der Waals surface area contributed by atoms with Crippen molar-refractivity contribution in [2.45, 2.75) is 18.7 Å². The molecular formula is C21H28N4O3S. The zero-order valence-corrected chi connectivity index (χ0v) is 17.8. The third kappa shape index (κ3) is 5.83. The molecule has 0 bridgehead atoms. The number of aliphatic hydroxyl groups is 1. The Morgan fingerprint density at radius 2 is 1.97 bits per heavy atom. The smallest absolute Gasteiger partial charge is 0.255 e. The van der Waals surface area contributed by atoms with Crippen LogP contribution in [-0.4, -0.2) is 71.0 Å². The minimum absolute atomic E-state index is 0.0364. The Bertz CT molecular complexity index is 810. The maximum Gasteiger partial charge on any atom is 0.255 e. The molecule has 1 amide bonds. The number of thioether (sulfide) groups is 1. The number of piperazine rings is 1. The molecule has 0 spiro atoms. The zero-order valence-electron chi connectivity index (χ0n) is 17.0. The quantitative estimate of drug-likeness (QED) is 0.663. The molecule has 0 radical (unpaired) electrons. The van der Waals surface area contributed by atoms with Gasteiger partial charge in [0.2, 0.25) is 5.88 Å². The van der Waals surface area contributed by atoms with Crippen LogP contribution in [-0.2, 0) is 0 Å². The third-order valence-corrected chi connectivity index (χ3v) is 5.60. The van der Waals surface area contributed by atoms with Crippen molar-refractivity contribution in [1.82, 2.24) is 14.9 Å². The highest BCUT2D eigenvalue weighted by atomic mass is 32.2. The Hall–Kier alpha value is -2.32. The molecule has 1 aromatic carbocycles. The summed E-state index contributed by atoms with van der Waals surface area (Å²) in [6.45, 7) is 7.57.